The van der Waals surface area contributed by atoms with Gasteiger partial charge in [-0.25, -0.2) is 13.2 Å². The molecule has 8 heteroatoms. The molecule has 1 atom stereocenters. The van der Waals surface area contributed by atoms with E-state index in [4.69, 9.17) is 9.84 Å². The summed E-state index contributed by atoms with van der Waals surface area (Å²) in [6.45, 7) is 3.75. The lowest BCUT2D eigenvalue weighted by atomic mass is 10.1. The van der Waals surface area contributed by atoms with Crippen molar-refractivity contribution in [2.45, 2.75) is 32.9 Å². The second-order valence-electron chi connectivity index (χ2n) is 6.93. The fourth-order valence-electron chi connectivity index (χ4n) is 2.91. The molecule has 0 bridgehead atoms. The van der Waals surface area contributed by atoms with E-state index in [1.807, 2.05) is 13.8 Å². The molecule has 1 aromatic carbocycles. The van der Waals surface area contributed by atoms with Gasteiger partial charge in [-0.3, -0.25) is 4.79 Å². The number of aliphatic hydroxyl groups is 1. The van der Waals surface area contributed by atoms with Crippen LogP contribution in [-0.4, -0.2) is 61.0 Å². The molecule has 1 N–H and O–H groups in total. The van der Waals surface area contributed by atoms with Crippen LogP contribution >= 0.6 is 0 Å². The smallest absolute Gasteiger partial charge is 0.338 e. The van der Waals surface area contributed by atoms with E-state index in [0.717, 1.165) is 0 Å². The zero-order chi connectivity index (χ0) is 19.3. The minimum Gasteiger partial charge on any atom is -0.452 e. The van der Waals surface area contributed by atoms with Crippen molar-refractivity contribution in [2.24, 2.45) is 5.92 Å². The summed E-state index contributed by atoms with van der Waals surface area (Å²) in [4.78, 5) is 26.1. The minimum absolute atomic E-state index is 0.0397. The molecule has 1 fully saturated rings. The molecular weight excluding hydrogens is 358 g/mol. The Bertz CT molecular complexity index is 741. The van der Waals surface area contributed by atoms with E-state index in [0.29, 0.717) is 18.5 Å². The molecule has 0 unspecified atom stereocenters. The van der Waals surface area contributed by atoms with Crippen LogP contribution in [-0.2, 0) is 26.0 Å². The van der Waals surface area contributed by atoms with Gasteiger partial charge in [-0.1, -0.05) is 26.0 Å². The topological polar surface area (TPSA) is 101 Å². The van der Waals surface area contributed by atoms with Gasteiger partial charge in [0.15, 0.2) is 16.4 Å². The van der Waals surface area contributed by atoms with Crippen LogP contribution in [0.2, 0.25) is 0 Å². The van der Waals surface area contributed by atoms with Crippen molar-refractivity contribution in [3.05, 3.63) is 35.4 Å². The molecule has 1 saturated heterocycles. The lowest BCUT2D eigenvalue weighted by Crippen LogP contribution is -2.45. The van der Waals surface area contributed by atoms with Gasteiger partial charge in [0.2, 0.25) is 0 Å². The molecule has 144 valence electrons. The number of aliphatic hydroxyl groups excluding tert-OH is 1. The maximum Gasteiger partial charge on any atom is 0.338 e. The van der Waals surface area contributed by atoms with Crippen molar-refractivity contribution < 1.29 is 27.9 Å². The van der Waals surface area contributed by atoms with Crippen LogP contribution < -0.4 is 0 Å². The zero-order valence-electron chi connectivity index (χ0n) is 15.1. The van der Waals surface area contributed by atoms with Crippen LogP contribution in [0, 0.1) is 5.92 Å². The number of nitrogens with zero attached hydrogens (tertiary/aromatic N) is 1. The monoisotopic (exact) mass is 383 g/mol. The maximum absolute atomic E-state index is 12.5. The first-order valence-corrected chi connectivity index (χ1v) is 10.4. The third kappa shape index (κ3) is 5.54. The maximum atomic E-state index is 12.5. The molecule has 2 rings (SSSR count). The molecule has 0 aromatic heterocycles. The van der Waals surface area contributed by atoms with Crippen LogP contribution in [0.1, 0.15) is 36.2 Å². The Morgan fingerprint density at radius 1 is 1.27 bits per heavy atom. The van der Waals surface area contributed by atoms with Crippen molar-refractivity contribution in [2.75, 3.05) is 24.7 Å². The molecule has 1 aromatic rings. The van der Waals surface area contributed by atoms with E-state index in [-0.39, 0.29) is 41.5 Å². The third-order valence-corrected chi connectivity index (χ3v) is 5.98. The number of benzene rings is 1. The average molecular weight is 383 g/mol. The van der Waals surface area contributed by atoms with Gasteiger partial charge in [0.05, 0.1) is 23.7 Å². The van der Waals surface area contributed by atoms with Gasteiger partial charge in [-0.05, 0) is 30.0 Å². The number of hydrogen-bond acceptors (Lipinski definition) is 6. The quantitative estimate of drug-likeness (QED) is 0.705. The first kappa shape index (κ1) is 20.4. The molecule has 1 heterocycles. The Kier molecular flexibility index (Phi) is 6.77. The minimum atomic E-state index is -3.11. The highest BCUT2D eigenvalue weighted by Gasteiger charge is 2.35. The standard InChI is InChI=1S/C18H25NO6S/c1-13(2)9-19(16-7-8-26(23,24)12-16)17(21)11-25-18(22)15-5-3-14(10-20)4-6-15/h3-6,13,16,20H,7-12H2,1-2H3/t16-/m1/s1. The summed E-state index contributed by atoms with van der Waals surface area (Å²) < 4.78 is 28.5. The van der Waals surface area contributed by atoms with Crippen LogP contribution in [0.25, 0.3) is 0 Å². The zero-order valence-corrected chi connectivity index (χ0v) is 15.9. The predicted octanol–water partition coefficient (Wildman–Crippen LogP) is 1.01. The van der Waals surface area contributed by atoms with Gasteiger partial charge in [0.25, 0.3) is 5.91 Å². The molecule has 0 aliphatic carbocycles. The lowest BCUT2D eigenvalue weighted by Gasteiger charge is -2.29. The fraction of sp³-hybridized carbons (Fsp3) is 0.556. The van der Waals surface area contributed by atoms with Crippen molar-refractivity contribution in [3.63, 3.8) is 0 Å². The molecule has 1 aliphatic heterocycles. The number of esters is 1. The normalized spacial score (nSPS) is 18.7. The lowest BCUT2D eigenvalue weighted by molar-refractivity contribution is -0.137. The first-order valence-electron chi connectivity index (χ1n) is 8.58. The fourth-order valence-corrected chi connectivity index (χ4v) is 4.64. The highest BCUT2D eigenvalue weighted by atomic mass is 32.2. The average Bonchev–Trinajstić information content (AvgIpc) is 2.96. The Hall–Kier alpha value is -1.93. The summed E-state index contributed by atoms with van der Waals surface area (Å²) >= 11 is 0. The summed E-state index contributed by atoms with van der Waals surface area (Å²) in [5.41, 5.74) is 0.956. The number of ether oxygens (including phenoxy) is 1. The number of rotatable bonds is 7. The van der Waals surface area contributed by atoms with E-state index in [1.54, 1.807) is 12.1 Å². The molecule has 26 heavy (non-hydrogen) atoms. The SMILES string of the molecule is CC(C)CN(C(=O)COC(=O)c1ccc(CO)cc1)[C@@H]1CCS(=O)(=O)C1. The molecular formula is C18H25NO6S. The number of carbonyl (C=O) groups excluding carboxylic acids is 2. The molecule has 7 nitrogen and oxygen atoms in total. The first-order chi connectivity index (χ1) is 12.2. The Morgan fingerprint density at radius 2 is 1.92 bits per heavy atom. The van der Waals surface area contributed by atoms with Gasteiger partial charge in [0, 0.05) is 12.6 Å². The summed E-state index contributed by atoms with van der Waals surface area (Å²) in [6.07, 6.45) is 0.414. The third-order valence-electron chi connectivity index (χ3n) is 4.23. The molecule has 1 aliphatic rings. The van der Waals surface area contributed by atoms with E-state index in [9.17, 15) is 18.0 Å². The Labute approximate surface area is 153 Å². The summed E-state index contributed by atoms with van der Waals surface area (Å²) in [5.74, 6) is -0.810. The number of amides is 1. The predicted molar refractivity (Wildman–Crippen MR) is 96.3 cm³/mol. The molecule has 0 saturated carbocycles. The van der Waals surface area contributed by atoms with Gasteiger partial charge < -0.3 is 14.7 Å². The van der Waals surface area contributed by atoms with Crippen LogP contribution in [0.5, 0.6) is 0 Å². The van der Waals surface area contributed by atoms with Crippen LogP contribution in [0.15, 0.2) is 24.3 Å². The van der Waals surface area contributed by atoms with Crippen molar-refractivity contribution in [1.29, 1.82) is 0 Å². The second-order valence-corrected chi connectivity index (χ2v) is 9.16. The van der Waals surface area contributed by atoms with Gasteiger partial charge in [-0.15, -0.1) is 0 Å². The van der Waals surface area contributed by atoms with Gasteiger partial charge >= 0.3 is 5.97 Å². The summed E-state index contributed by atoms with van der Waals surface area (Å²) in [6, 6.07) is 5.89. The number of carbonyl (C=O) groups is 2. The van der Waals surface area contributed by atoms with E-state index in [2.05, 4.69) is 0 Å². The second kappa shape index (κ2) is 8.64. The van der Waals surface area contributed by atoms with Crippen molar-refractivity contribution >= 4 is 21.7 Å². The van der Waals surface area contributed by atoms with Crippen LogP contribution in [0.4, 0.5) is 0 Å². The highest BCUT2D eigenvalue weighted by Crippen LogP contribution is 2.19. The van der Waals surface area contributed by atoms with Crippen molar-refractivity contribution in [1.82, 2.24) is 4.90 Å². The Morgan fingerprint density at radius 3 is 2.42 bits per heavy atom. The van der Waals surface area contributed by atoms with Gasteiger partial charge in [0.1, 0.15) is 0 Å². The van der Waals surface area contributed by atoms with Crippen LogP contribution in [0.3, 0.4) is 0 Å². The molecule has 0 radical (unpaired) electrons. The van der Waals surface area contributed by atoms with E-state index < -0.39 is 22.4 Å². The summed E-state index contributed by atoms with van der Waals surface area (Å²) in [7, 11) is -3.11. The molecule has 1 amide bonds. The van der Waals surface area contributed by atoms with Gasteiger partial charge in [-0.2, -0.15) is 0 Å². The largest absolute Gasteiger partial charge is 0.452 e. The summed E-state index contributed by atoms with van der Waals surface area (Å²) in [5, 5.41) is 9.01. The molecule has 0 spiro atoms. The van der Waals surface area contributed by atoms with Crippen molar-refractivity contribution in [3.8, 4) is 0 Å². The number of sulfone groups is 1. The Balaban J connectivity index is 1.98. The van der Waals surface area contributed by atoms with E-state index in [1.165, 1.54) is 17.0 Å². The van der Waals surface area contributed by atoms with E-state index >= 15 is 0 Å². The number of hydrogen-bond donors (Lipinski definition) is 1. The highest BCUT2D eigenvalue weighted by molar-refractivity contribution is 7.91.